The maximum Gasteiger partial charge on any atom is 0.419 e. The van der Waals surface area contributed by atoms with Crippen LogP contribution >= 0.6 is 0 Å². The number of benzene rings is 1. The summed E-state index contributed by atoms with van der Waals surface area (Å²) in [6.45, 7) is 1.83. The molecule has 3 rings (SSSR count). The second-order valence-corrected chi connectivity index (χ2v) is 6.13. The minimum Gasteiger partial charge on any atom is -0.331 e. The zero-order chi connectivity index (χ0) is 19.4. The first kappa shape index (κ1) is 18.9. The lowest BCUT2D eigenvalue weighted by molar-refractivity contribution is -0.367. The molecule has 142 valence electrons. The molecule has 1 aromatic heterocycles. The van der Waals surface area contributed by atoms with Gasteiger partial charge in [-0.25, -0.2) is 9.37 Å². The number of aromatic nitrogens is 1. The van der Waals surface area contributed by atoms with Gasteiger partial charge in [-0.1, -0.05) is 18.2 Å². The number of carbonyl (C=O) groups is 1. The molecule has 0 spiro atoms. The predicted octanol–water partition coefficient (Wildman–Crippen LogP) is 3.02. The fourth-order valence-electron chi connectivity index (χ4n) is 2.83. The maximum absolute atomic E-state index is 13.6. The Bertz CT molecular complexity index is 826. The van der Waals surface area contributed by atoms with Crippen molar-refractivity contribution in [3.05, 3.63) is 65.6 Å². The van der Waals surface area contributed by atoms with Crippen LogP contribution in [0.4, 0.5) is 23.4 Å². The summed E-state index contributed by atoms with van der Waals surface area (Å²) in [4.78, 5) is 18.4. The molecule has 0 radical (unpaired) electrons. The highest BCUT2D eigenvalue weighted by molar-refractivity contribution is 5.92. The molecule has 0 saturated carbocycles. The number of aromatic amines is 1. The zero-order valence-electron chi connectivity index (χ0n) is 14.3. The summed E-state index contributed by atoms with van der Waals surface area (Å²) in [5.41, 5.74) is -0.401. The molecule has 0 unspecified atom stereocenters. The van der Waals surface area contributed by atoms with Crippen molar-refractivity contribution in [2.75, 3.05) is 31.1 Å². The Labute approximate surface area is 153 Å². The summed E-state index contributed by atoms with van der Waals surface area (Å²) in [5, 5.41) is 0. The number of amides is 1. The van der Waals surface area contributed by atoms with Gasteiger partial charge in [-0.3, -0.25) is 9.69 Å². The number of nitrogens with one attached hydrogen (secondary N) is 1. The lowest BCUT2D eigenvalue weighted by atomic mass is 10.2. The van der Waals surface area contributed by atoms with Crippen molar-refractivity contribution in [1.29, 1.82) is 0 Å². The highest BCUT2D eigenvalue weighted by atomic mass is 19.4. The molecule has 2 aromatic rings. The number of alkyl halides is 3. The van der Waals surface area contributed by atoms with Crippen LogP contribution in [-0.2, 0) is 11.0 Å². The van der Waals surface area contributed by atoms with E-state index in [1.165, 1.54) is 24.3 Å². The predicted molar refractivity (Wildman–Crippen MR) is 92.2 cm³/mol. The third kappa shape index (κ3) is 4.64. The average molecular weight is 380 g/mol. The molecule has 4 nitrogen and oxygen atoms in total. The molecule has 1 saturated heterocycles. The number of H-pyrrole nitrogens is 1. The van der Waals surface area contributed by atoms with Crippen LogP contribution in [0.1, 0.15) is 11.1 Å². The summed E-state index contributed by atoms with van der Waals surface area (Å²) >= 11 is 0. The summed E-state index contributed by atoms with van der Waals surface area (Å²) in [7, 11) is 0. The maximum atomic E-state index is 13.6. The minimum absolute atomic E-state index is 0.227. The molecule has 1 aromatic carbocycles. The van der Waals surface area contributed by atoms with E-state index in [4.69, 9.17) is 0 Å². The third-order valence-corrected chi connectivity index (χ3v) is 4.37. The van der Waals surface area contributed by atoms with E-state index < -0.39 is 17.6 Å². The highest BCUT2D eigenvalue weighted by Gasteiger charge is 2.32. The van der Waals surface area contributed by atoms with Crippen molar-refractivity contribution in [2.45, 2.75) is 6.18 Å². The number of hydrogen-bond donors (Lipinski definition) is 0. The Morgan fingerprint density at radius 2 is 1.74 bits per heavy atom. The van der Waals surface area contributed by atoms with Gasteiger partial charge in [0.15, 0.2) is 0 Å². The number of rotatable bonds is 3. The number of pyridine rings is 1. The smallest absolute Gasteiger partial charge is 0.331 e. The first-order chi connectivity index (χ1) is 12.8. The van der Waals surface area contributed by atoms with Crippen molar-refractivity contribution >= 4 is 17.8 Å². The molecule has 1 fully saturated rings. The monoisotopic (exact) mass is 380 g/mol. The van der Waals surface area contributed by atoms with E-state index in [0.29, 0.717) is 37.6 Å². The Balaban J connectivity index is 1.57. The van der Waals surface area contributed by atoms with Crippen molar-refractivity contribution < 1.29 is 27.3 Å². The van der Waals surface area contributed by atoms with E-state index in [1.807, 2.05) is 4.90 Å². The van der Waals surface area contributed by atoms with Gasteiger partial charge in [-0.15, -0.1) is 0 Å². The van der Waals surface area contributed by atoms with Crippen LogP contribution in [0.2, 0.25) is 0 Å². The molecule has 0 aliphatic carbocycles. The van der Waals surface area contributed by atoms with Crippen LogP contribution in [0.15, 0.2) is 48.7 Å². The summed E-state index contributed by atoms with van der Waals surface area (Å²) in [5.74, 6) is -0.0597. The first-order valence-corrected chi connectivity index (χ1v) is 8.40. The highest BCUT2D eigenvalue weighted by Crippen LogP contribution is 2.28. The van der Waals surface area contributed by atoms with Crippen LogP contribution in [0.25, 0.3) is 6.08 Å². The van der Waals surface area contributed by atoms with Crippen molar-refractivity contribution in [1.82, 2.24) is 4.90 Å². The zero-order valence-corrected chi connectivity index (χ0v) is 14.3. The van der Waals surface area contributed by atoms with Gasteiger partial charge in [0.05, 0.1) is 18.7 Å². The molecule has 27 heavy (non-hydrogen) atoms. The van der Waals surface area contributed by atoms with Gasteiger partial charge in [0.1, 0.15) is 25.1 Å². The standard InChI is InChI=1S/C19H17F4N3O/c20-16-4-2-1-3-14(16)5-8-18(27)26-11-9-25(10-12-26)17-7-6-15(13-24-17)19(21,22)23/h1-8,13H,9-12H2/p+1/b8-5+. The van der Waals surface area contributed by atoms with E-state index in [1.54, 1.807) is 23.1 Å². The van der Waals surface area contributed by atoms with Gasteiger partial charge in [-0.2, -0.15) is 13.2 Å². The fraction of sp³-hybridized carbons (Fsp3) is 0.263. The number of halogens is 4. The Morgan fingerprint density at radius 3 is 2.33 bits per heavy atom. The average Bonchev–Trinajstić information content (AvgIpc) is 2.67. The van der Waals surface area contributed by atoms with Gasteiger partial charge in [-0.05, 0) is 18.2 Å². The topological polar surface area (TPSA) is 37.7 Å². The quantitative estimate of drug-likeness (QED) is 0.607. The molecule has 1 aliphatic rings. The number of anilines is 1. The lowest BCUT2D eigenvalue weighted by Gasteiger charge is -2.30. The third-order valence-electron chi connectivity index (χ3n) is 4.37. The van der Waals surface area contributed by atoms with Crippen LogP contribution in [-0.4, -0.2) is 37.0 Å². The van der Waals surface area contributed by atoms with Crippen LogP contribution in [0.3, 0.4) is 0 Å². The van der Waals surface area contributed by atoms with Gasteiger partial charge < -0.3 is 4.90 Å². The van der Waals surface area contributed by atoms with Gasteiger partial charge >= 0.3 is 6.18 Å². The van der Waals surface area contributed by atoms with E-state index in [9.17, 15) is 22.4 Å². The van der Waals surface area contributed by atoms with Gasteiger partial charge in [0.25, 0.3) is 5.82 Å². The number of piperazine rings is 1. The molecular formula is C19H18F4N3O+. The fourth-order valence-corrected chi connectivity index (χ4v) is 2.83. The molecule has 8 heteroatoms. The molecule has 1 aliphatic heterocycles. The Morgan fingerprint density at radius 1 is 1.04 bits per heavy atom. The number of nitrogens with zero attached hydrogens (tertiary/aromatic N) is 2. The van der Waals surface area contributed by atoms with Gasteiger partial charge in [0.2, 0.25) is 5.91 Å². The normalized spacial score (nSPS) is 15.4. The molecular weight excluding hydrogens is 362 g/mol. The Kier molecular flexibility index (Phi) is 5.43. The summed E-state index contributed by atoms with van der Waals surface area (Å²) < 4.78 is 51.4. The molecule has 2 heterocycles. The van der Waals surface area contributed by atoms with Crippen LogP contribution < -0.4 is 9.88 Å². The summed E-state index contributed by atoms with van der Waals surface area (Å²) in [6.07, 6.45) is -0.680. The molecule has 0 atom stereocenters. The van der Waals surface area contributed by atoms with E-state index in [2.05, 4.69) is 4.98 Å². The molecule has 1 N–H and O–H groups in total. The molecule has 1 amide bonds. The van der Waals surface area contributed by atoms with E-state index in [-0.39, 0.29) is 5.91 Å². The number of carbonyl (C=O) groups excluding carboxylic acids is 1. The number of hydrogen-bond acceptors (Lipinski definition) is 2. The lowest BCUT2D eigenvalue weighted by Crippen LogP contribution is -2.49. The Hall–Kier alpha value is -2.90. The van der Waals surface area contributed by atoms with Crippen molar-refractivity contribution in [3.8, 4) is 0 Å². The van der Waals surface area contributed by atoms with Crippen molar-refractivity contribution in [2.24, 2.45) is 0 Å². The van der Waals surface area contributed by atoms with E-state index in [0.717, 1.165) is 12.3 Å². The second-order valence-electron chi connectivity index (χ2n) is 6.13. The summed E-state index contributed by atoms with van der Waals surface area (Å²) in [6, 6.07) is 8.58. The first-order valence-electron chi connectivity index (χ1n) is 8.40. The minimum atomic E-state index is -4.38. The SMILES string of the molecule is O=C(/C=C/c1ccccc1F)N1CCN(c2ccc(C(F)(F)F)c[nH+]2)CC1. The second kappa shape index (κ2) is 7.77. The largest absolute Gasteiger partial charge is 0.419 e. The van der Waals surface area contributed by atoms with Crippen LogP contribution in [0, 0.1) is 5.82 Å². The molecule has 0 bridgehead atoms. The van der Waals surface area contributed by atoms with E-state index >= 15 is 0 Å². The van der Waals surface area contributed by atoms with Crippen molar-refractivity contribution in [3.63, 3.8) is 0 Å². The van der Waals surface area contributed by atoms with Gasteiger partial charge in [0, 0.05) is 17.7 Å². The van der Waals surface area contributed by atoms with Crippen LogP contribution in [0.5, 0.6) is 0 Å².